The van der Waals surface area contributed by atoms with Crippen molar-refractivity contribution in [3.8, 4) is 11.5 Å². The second-order valence-electron chi connectivity index (χ2n) is 8.86. The van der Waals surface area contributed by atoms with Crippen molar-refractivity contribution in [1.82, 2.24) is 9.88 Å². The fourth-order valence-electron chi connectivity index (χ4n) is 5.16. The van der Waals surface area contributed by atoms with Gasteiger partial charge in [0.05, 0.1) is 20.3 Å². The Kier molecular flexibility index (Phi) is 5.20. The first kappa shape index (κ1) is 20.1. The van der Waals surface area contributed by atoms with E-state index in [1.165, 1.54) is 27.6 Å². The van der Waals surface area contributed by atoms with Gasteiger partial charge in [0.2, 0.25) is 0 Å². The van der Waals surface area contributed by atoms with E-state index in [0.29, 0.717) is 12.2 Å². The molecule has 1 spiro atoms. The standard InChI is InChI=1S/C25H28N2O4/c1-17-11-23(29-2)21(20-7-9-26-24(17)20)13-27-10-8-25(14-30-15-25)12-22(27)18-3-5-19(6-4-18)31-16-28/h3-7,9,11,16,22,26H,8,10,12-15H2,1-2H3. The van der Waals surface area contributed by atoms with Crippen molar-refractivity contribution >= 4 is 17.4 Å². The van der Waals surface area contributed by atoms with Crippen LogP contribution in [0.4, 0.5) is 0 Å². The first-order valence-electron chi connectivity index (χ1n) is 10.8. The molecule has 0 aliphatic carbocycles. The average molecular weight is 421 g/mol. The van der Waals surface area contributed by atoms with Crippen LogP contribution < -0.4 is 9.47 Å². The number of hydrogen-bond acceptors (Lipinski definition) is 5. The van der Waals surface area contributed by atoms with Crippen LogP contribution in [-0.4, -0.2) is 43.2 Å². The Labute approximate surface area is 182 Å². The Hall–Kier alpha value is -2.83. The largest absolute Gasteiger partial charge is 0.496 e. The maximum absolute atomic E-state index is 10.7. The smallest absolute Gasteiger partial charge is 0.298 e. The van der Waals surface area contributed by atoms with Crippen LogP contribution in [0.15, 0.2) is 42.6 Å². The summed E-state index contributed by atoms with van der Waals surface area (Å²) in [5.74, 6) is 1.50. The molecule has 3 heterocycles. The van der Waals surface area contributed by atoms with Crippen LogP contribution in [0.5, 0.6) is 11.5 Å². The molecule has 1 aromatic heterocycles. The molecule has 2 aromatic carbocycles. The van der Waals surface area contributed by atoms with Crippen molar-refractivity contribution in [2.45, 2.75) is 32.4 Å². The van der Waals surface area contributed by atoms with Crippen molar-refractivity contribution < 1.29 is 19.0 Å². The molecule has 6 nitrogen and oxygen atoms in total. The maximum Gasteiger partial charge on any atom is 0.298 e. The first-order chi connectivity index (χ1) is 15.1. The molecule has 0 saturated carbocycles. The molecule has 1 N–H and O–H groups in total. The van der Waals surface area contributed by atoms with Crippen LogP contribution in [0.1, 0.15) is 35.6 Å². The SMILES string of the molecule is COc1cc(C)c2[nH]ccc2c1CN1CCC2(COC2)CC1c1ccc(OC=O)cc1. The summed E-state index contributed by atoms with van der Waals surface area (Å²) < 4.78 is 16.4. The van der Waals surface area contributed by atoms with Gasteiger partial charge < -0.3 is 19.2 Å². The number of benzene rings is 2. The molecule has 6 heteroatoms. The van der Waals surface area contributed by atoms with E-state index < -0.39 is 0 Å². The van der Waals surface area contributed by atoms with E-state index in [1.807, 2.05) is 18.3 Å². The van der Waals surface area contributed by atoms with E-state index in [1.54, 1.807) is 7.11 Å². The molecule has 2 aliphatic rings. The van der Waals surface area contributed by atoms with E-state index in [-0.39, 0.29) is 11.5 Å². The van der Waals surface area contributed by atoms with Crippen molar-refractivity contribution in [1.29, 1.82) is 0 Å². The van der Waals surface area contributed by atoms with Crippen LogP contribution in [-0.2, 0) is 16.1 Å². The molecular weight excluding hydrogens is 392 g/mol. The molecule has 162 valence electrons. The number of carbonyl (C=O) groups is 1. The molecule has 31 heavy (non-hydrogen) atoms. The lowest BCUT2D eigenvalue weighted by atomic mass is 9.72. The highest BCUT2D eigenvalue weighted by Gasteiger charge is 2.45. The van der Waals surface area contributed by atoms with Crippen LogP contribution >= 0.6 is 0 Å². The third-order valence-electron chi connectivity index (χ3n) is 6.95. The highest BCUT2D eigenvalue weighted by atomic mass is 16.5. The average Bonchev–Trinajstić information content (AvgIpc) is 3.26. The minimum Gasteiger partial charge on any atom is -0.496 e. The van der Waals surface area contributed by atoms with Crippen molar-refractivity contribution in [2.24, 2.45) is 5.41 Å². The van der Waals surface area contributed by atoms with Crippen LogP contribution in [0, 0.1) is 12.3 Å². The number of carbonyl (C=O) groups excluding carboxylic acids is 1. The number of aryl methyl sites for hydroxylation is 1. The number of rotatable bonds is 6. The Morgan fingerprint density at radius 3 is 2.74 bits per heavy atom. The molecule has 0 radical (unpaired) electrons. The van der Waals surface area contributed by atoms with Gasteiger partial charge in [-0.3, -0.25) is 9.69 Å². The topological polar surface area (TPSA) is 63.8 Å². The minimum atomic E-state index is 0.267. The van der Waals surface area contributed by atoms with Crippen LogP contribution in [0.2, 0.25) is 0 Å². The normalized spacial score (nSPS) is 20.5. The number of H-pyrrole nitrogens is 1. The number of hydrogen-bond donors (Lipinski definition) is 1. The fraction of sp³-hybridized carbons (Fsp3) is 0.400. The van der Waals surface area contributed by atoms with Crippen molar-refractivity contribution in [3.05, 3.63) is 59.3 Å². The summed E-state index contributed by atoms with van der Waals surface area (Å²) in [7, 11) is 1.75. The van der Waals surface area contributed by atoms with E-state index >= 15 is 0 Å². The molecular formula is C25H28N2O4. The Morgan fingerprint density at radius 2 is 2.06 bits per heavy atom. The molecule has 3 aromatic rings. The van der Waals surface area contributed by atoms with Crippen molar-refractivity contribution in [3.63, 3.8) is 0 Å². The van der Waals surface area contributed by atoms with Gasteiger partial charge in [-0.1, -0.05) is 12.1 Å². The number of nitrogens with zero attached hydrogens (tertiary/aromatic N) is 1. The Balaban J connectivity index is 1.49. The maximum atomic E-state index is 10.7. The predicted octanol–water partition coefficient (Wildman–Crippen LogP) is 4.37. The molecule has 1 unspecified atom stereocenters. The van der Waals surface area contributed by atoms with Gasteiger partial charge in [-0.15, -0.1) is 0 Å². The highest BCUT2D eigenvalue weighted by molar-refractivity contribution is 5.88. The van der Waals surface area contributed by atoms with Crippen LogP contribution in [0.3, 0.4) is 0 Å². The van der Waals surface area contributed by atoms with Crippen LogP contribution in [0.25, 0.3) is 10.9 Å². The predicted molar refractivity (Wildman–Crippen MR) is 118 cm³/mol. The summed E-state index contributed by atoms with van der Waals surface area (Å²) in [6.07, 6.45) is 4.20. The molecule has 2 aliphatic heterocycles. The molecule has 2 saturated heterocycles. The number of aromatic nitrogens is 1. The van der Waals surface area contributed by atoms with E-state index in [4.69, 9.17) is 14.2 Å². The summed E-state index contributed by atoms with van der Waals surface area (Å²) in [6.45, 7) is 6.08. The number of fused-ring (bicyclic) bond motifs is 1. The highest BCUT2D eigenvalue weighted by Crippen LogP contribution is 2.47. The lowest BCUT2D eigenvalue weighted by molar-refractivity contribution is -0.153. The zero-order chi connectivity index (χ0) is 21.4. The number of likely N-dealkylation sites (tertiary alicyclic amines) is 1. The van der Waals surface area contributed by atoms with Crippen molar-refractivity contribution in [2.75, 3.05) is 26.9 Å². The summed E-state index contributed by atoms with van der Waals surface area (Å²) in [4.78, 5) is 16.6. The third-order valence-corrected chi connectivity index (χ3v) is 6.95. The zero-order valence-corrected chi connectivity index (χ0v) is 18.0. The second-order valence-corrected chi connectivity index (χ2v) is 8.86. The number of aromatic amines is 1. The van der Waals surface area contributed by atoms with Gasteiger partial charge in [0.15, 0.2) is 0 Å². The lowest BCUT2D eigenvalue weighted by Gasteiger charge is -2.51. The van der Waals surface area contributed by atoms with Gasteiger partial charge in [0.1, 0.15) is 11.5 Å². The van der Waals surface area contributed by atoms with Gasteiger partial charge in [0.25, 0.3) is 6.47 Å². The first-order valence-corrected chi connectivity index (χ1v) is 10.8. The summed E-state index contributed by atoms with van der Waals surface area (Å²) >= 11 is 0. The Morgan fingerprint density at radius 1 is 1.26 bits per heavy atom. The lowest BCUT2D eigenvalue weighted by Crippen LogP contribution is -2.51. The zero-order valence-electron chi connectivity index (χ0n) is 18.0. The summed E-state index contributed by atoms with van der Waals surface area (Å²) in [5, 5.41) is 1.22. The van der Waals surface area contributed by atoms with E-state index in [2.05, 4.69) is 41.1 Å². The summed E-state index contributed by atoms with van der Waals surface area (Å²) in [5.41, 5.74) is 5.09. The number of nitrogens with one attached hydrogen (secondary N) is 1. The molecule has 5 rings (SSSR count). The quantitative estimate of drug-likeness (QED) is 0.600. The Bertz CT molecular complexity index is 1080. The molecule has 2 fully saturated rings. The number of piperidine rings is 1. The molecule has 1 atom stereocenters. The number of methoxy groups -OCH3 is 1. The van der Waals surface area contributed by atoms with Gasteiger partial charge in [0, 0.05) is 40.7 Å². The fourth-order valence-corrected chi connectivity index (χ4v) is 5.16. The summed E-state index contributed by atoms with van der Waals surface area (Å²) in [6, 6.07) is 12.4. The minimum absolute atomic E-state index is 0.267. The van der Waals surface area contributed by atoms with Gasteiger partial charge in [-0.2, -0.15) is 0 Å². The van der Waals surface area contributed by atoms with Gasteiger partial charge >= 0.3 is 0 Å². The number of ether oxygens (including phenoxy) is 3. The third kappa shape index (κ3) is 3.60. The van der Waals surface area contributed by atoms with Gasteiger partial charge in [-0.25, -0.2) is 0 Å². The monoisotopic (exact) mass is 420 g/mol. The molecule has 0 bridgehead atoms. The van der Waals surface area contributed by atoms with Gasteiger partial charge in [-0.05, 0) is 61.7 Å². The van der Waals surface area contributed by atoms with E-state index in [0.717, 1.165) is 44.9 Å². The second kappa shape index (κ2) is 8.02. The van der Waals surface area contributed by atoms with E-state index in [9.17, 15) is 4.79 Å². The molecule has 0 amide bonds.